The van der Waals surface area contributed by atoms with Crippen LogP contribution in [-0.4, -0.2) is 23.0 Å². The zero-order chi connectivity index (χ0) is 12.6. The maximum Gasteiger partial charge on any atom is 0.408 e. The van der Waals surface area contributed by atoms with Crippen molar-refractivity contribution in [3.63, 3.8) is 0 Å². The summed E-state index contributed by atoms with van der Waals surface area (Å²) in [5.74, 6) is -0.0271. The summed E-state index contributed by atoms with van der Waals surface area (Å²) in [5.41, 5.74) is -1.33. The van der Waals surface area contributed by atoms with E-state index in [-0.39, 0.29) is 11.7 Å². The van der Waals surface area contributed by atoms with Gasteiger partial charge in [0.25, 0.3) is 0 Å². The fourth-order valence-corrected chi connectivity index (χ4v) is 1.69. The van der Waals surface area contributed by atoms with Crippen LogP contribution in [-0.2, 0) is 9.53 Å². The van der Waals surface area contributed by atoms with Crippen LogP contribution in [0, 0.1) is 5.92 Å². The van der Waals surface area contributed by atoms with Crippen LogP contribution in [0.5, 0.6) is 0 Å². The van der Waals surface area contributed by atoms with E-state index in [2.05, 4.69) is 11.9 Å². The van der Waals surface area contributed by atoms with Crippen LogP contribution in [0.25, 0.3) is 0 Å². The molecule has 0 heterocycles. The number of carbonyl (C=O) groups excluding carboxylic acids is 2. The van der Waals surface area contributed by atoms with Gasteiger partial charge in [0, 0.05) is 5.92 Å². The summed E-state index contributed by atoms with van der Waals surface area (Å²) in [7, 11) is 0. The second-order valence-electron chi connectivity index (χ2n) is 5.20. The lowest BCUT2D eigenvalue weighted by Crippen LogP contribution is -2.46. The van der Waals surface area contributed by atoms with Gasteiger partial charge in [-0.2, -0.15) is 0 Å². The van der Waals surface area contributed by atoms with Crippen molar-refractivity contribution >= 4 is 11.9 Å². The first-order chi connectivity index (χ1) is 7.21. The summed E-state index contributed by atoms with van der Waals surface area (Å²) in [6, 6.07) is 0. The third-order valence-corrected chi connectivity index (χ3v) is 2.65. The van der Waals surface area contributed by atoms with Crippen molar-refractivity contribution in [3.05, 3.63) is 12.7 Å². The monoisotopic (exact) mass is 225 g/mol. The Morgan fingerprint density at radius 1 is 1.50 bits per heavy atom. The largest absolute Gasteiger partial charge is 0.444 e. The molecule has 1 amide bonds. The first kappa shape index (κ1) is 12.7. The van der Waals surface area contributed by atoms with Crippen LogP contribution in [0.4, 0.5) is 4.79 Å². The minimum Gasteiger partial charge on any atom is -0.444 e. The Balaban J connectivity index is 2.63. The van der Waals surface area contributed by atoms with Gasteiger partial charge in [-0.05, 0) is 34.1 Å². The van der Waals surface area contributed by atoms with Crippen LogP contribution in [0.3, 0.4) is 0 Å². The van der Waals surface area contributed by atoms with Crippen molar-refractivity contribution in [1.29, 1.82) is 0 Å². The zero-order valence-corrected chi connectivity index (χ0v) is 10.3. The molecule has 0 aromatic rings. The fourth-order valence-electron chi connectivity index (χ4n) is 1.69. The maximum atomic E-state index is 11.6. The number of ether oxygens (including phenoxy) is 1. The number of carbonyl (C=O) groups is 2. The SMILES string of the molecule is C=C[C@@H]1C[C@]1(NC(=O)OC(C)(C)C)C(C)=O. The lowest BCUT2D eigenvalue weighted by atomic mass is 10.1. The first-order valence-corrected chi connectivity index (χ1v) is 5.36. The van der Waals surface area contributed by atoms with Crippen LogP contribution in [0.1, 0.15) is 34.1 Å². The number of nitrogens with one attached hydrogen (secondary N) is 1. The smallest absolute Gasteiger partial charge is 0.408 e. The molecule has 16 heavy (non-hydrogen) atoms. The second-order valence-corrected chi connectivity index (χ2v) is 5.20. The van der Waals surface area contributed by atoms with Crippen LogP contribution in [0.2, 0.25) is 0 Å². The van der Waals surface area contributed by atoms with Gasteiger partial charge in [-0.3, -0.25) is 4.79 Å². The summed E-state index contributed by atoms with van der Waals surface area (Å²) in [4.78, 5) is 23.0. The van der Waals surface area contributed by atoms with Gasteiger partial charge in [0.1, 0.15) is 11.1 Å². The minimum absolute atomic E-state index is 0.0255. The topological polar surface area (TPSA) is 55.4 Å². The Morgan fingerprint density at radius 3 is 2.38 bits per heavy atom. The average Bonchev–Trinajstić information content (AvgIpc) is 2.76. The van der Waals surface area contributed by atoms with Gasteiger partial charge in [-0.1, -0.05) is 6.08 Å². The van der Waals surface area contributed by atoms with Crippen molar-refractivity contribution in [3.8, 4) is 0 Å². The minimum atomic E-state index is -0.774. The predicted molar refractivity (Wildman–Crippen MR) is 61.1 cm³/mol. The Morgan fingerprint density at radius 2 is 2.06 bits per heavy atom. The molecule has 0 aromatic carbocycles. The Labute approximate surface area is 96.0 Å². The summed E-state index contributed by atoms with van der Waals surface area (Å²) in [5, 5.41) is 2.64. The molecule has 0 spiro atoms. The van der Waals surface area contributed by atoms with E-state index in [1.54, 1.807) is 26.8 Å². The number of amides is 1. The van der Waals surface area contributed by atoms with E-state index < -0.39 is 17.2 Å². The molecule has 1 saturated carbocycles. The summed E-state index contributed by atoms with van der Waals surface area (Å²) in [6.45, 7) is 10.5. The van der Waals surface area contributed by atoms with E-state index in [4.69, 9.17) is 4.74 Å². The van der Waals surface area contributed by atoms with Crippen molar-refractivity contribution in [2.75, 3.05) is 0 Å². The normalized spacial score (nSPS) is 28.1. The van der Waals surface area contributed by atoms with E-state index in [9.17, 15) is 9.59 Å². The number of rotatable bonds is 3. The van der Waals surface area contributed by atoms with Crippen LogP contribution >= 0.6 is 0 Å². The van der Waals surface area contributed by atoms with Gasteiger partial charge in [-0.25, -0.2) is 4.79 Å². The highest BCUT2D eigenvalue weighted by molar-refractivity contribution is 5.93. The Hall–Kier alpha value is -1.32. The van der Waals surface area contributed by atoms with Crippen LogP contribution < -0.4 is 5.32 Å². The molecule has 1 rings (SSSR count). The molecule has 0 aromatic heterocycles. The van der Waals surface area contributed by atoms with Crippen molar-refractivity contribution in [1.82, 2.24) is 5.32 Å². The lowest BCUT2D eigenvalue weighted by Gasteiger charge is -2.22. The molecular weight excluding hydrogens is 206 g/mol. The summed E-state index contributed by atoms with van der Waals surface area (Å²) < 4.78 is 5.12. The molecule has 90 valence electrons. The van der Waals surface area contributed by atoms with Gasteiger partial charge in [-0.15, -0.1) is 6.58 Å². The molecule has 0 saturated heterocycles. The Kier molecular flexibility index (Phi) is 3.13. The van der Waals surface area contributed by atoms with Crippen molar-refractivity contribution < 1.29 is 14.3 Å². The molecule has 1 N–H and O–H groups in total. The molecule has 0 bridgehead atoms. The van der Waals surface area contributed by atoms with Gasteiger partial charge < -0.3 is 10.1 Å². The molecule has 0 unspecified atom stereocenters. The first-order valence-electron chi connectivity index (χ1n) is 5.36. The molecule has 0 aliphatic heterocycles. The van der Waals surface area contributed by atoms with Crippen molar-refractivity contribution in [2.24, 2.45) is 5.92 Å². The highest BCUT2D eigenvalue weighted by Gasteiger charge is 2.58. The third kappa shape index (κ3) is 2.62. The van der Waals surface area contributed by atoms with E-state index >= 15 is 0 Å². The molecule has 1 aliphatic rings. The molecule has 2 atom stereocenters. The standard InChI is InChI=1S/C12H19NO3/c1-6-9-7-12(9,8(2)14)13-10(15)16-11(3,4)5/h6,9H,1,7H2,2-5H3,(H,13,15)/t9-,12+/m1/s1. The molecular formula is C12H19NO3. The summed E-state index contributed by atoms with van der Waals surface area (Å²) >= 11 is 0. The number of hydrogen-bond acceptors (Lipinski definition) is 3. The summed E-state index contributed by atoms with van der Waals surface area (Å²) in [6.07, 6.45) is 1.76. The maximum absolute atomic E-state index is 11.6. The van der Waals surface area contributed by atoms with Gasteiger partial charge in [0.2, 0.25) is 0 Å². The van der Waals surface area contributed by atoms with Gasteiger partial charge in [0.05, 0.1) is 0 Å². The molecule has 1 aliphatic carbocycles. The molecule has 4 nitrogen and oxygen atoms in total. The van der Waals surface area contributed by atoms with E-state index in [0.717, 1.165) is 0 Å². The third-order valence-electron chi connectivity index (χ3n) is 2.65. The van der Waals surface area contributed by atoms with Gasteiger partial charge >= 0.3 is 6.09 Å². The Bertz CT molecular complexity index is 330. The van der Waals surface area contributed by atoms with Crippen molar-refractivity contribution in [2.45, 2.75) is 45.3 Å². The molecule has 1 fully saturated rings. The zero-order valence-electron chi connectivity index (χ0n) is 10.3. The predicted octanol–water partition coefficient (Wildman–Crippen LogP) is 2.04. The van der Waals surface area contributed by atoms with E-state index in [1.807, 2.05) is 0 Å². The second kappa shape index (κ2) is 3.92. The van der Waals surface area contributed by atoms with Gasteiger partial charge in [0.15, 0.2) is 5.78 Å². The number of alkyl carbamates (subject to hydrolysis) is 1. The quantitative estimate of drug-likeness (QED) is 0.748. The number of ketones is 1. The lowest BCUT2D eigenvalue weighted by molar-refractivity contribution is -0.120. The van der Waals surface area contributed by atoms with E-state index in [1.165, 1.54) is 6.92 Å². The van der Waals surface area contributed by atoms with E-state index in [0.29, 0.717) is 6.42 Å². The molecule has 0 radical (unpaired) electrons. The van der Waals surface area contributed by atoms with Crippen LogP contribution in [0.15, 0.2) is 12.7 Å². The average molecular weight is 225 g/mol. The highest BCUT2D eigenvalue weighted by Crippen LogP contribution is 2.45. The highest BCUT2D eigenvalue weighted by atomic mass is 16.6. The number of Topliss-reactive ketones (excluding diaryl/α,β-unsaturated/α-hetero) is 1. The number of hydrogen-bond donors (Lipinski definition) is 1. The molecule has 4 heteroatoms. The fraction of sp³-hybridized carbons (Fsp3) is 0.667.